The minimum atomic E-state index is 0.528. The number of thiocarbonyl (C=S) groups is 1. The van der Waals surface area contributed by atoms with Crippen molar-refractivity contribution in [1.29, 1.82) is 0 Å². The molecule has 2 nitrogen and oxygen atoms in total. The first-order valence-electron chi connectivity index (χ1n) is 5.50. The lowest BCUT2D eigenvalue weighted by molar-refractivity contribution is 1.06. The zero-order chi connectivity index (χ0) is 13.7. The summed E-state index contributed by atoms with van der Waals surface area (Å²) in [5, 5.41) is 5.38. The minimum absolute atomic E-state index is 0.528. The average molecular weight is 309 g/mol. The Hall–Kier alpha value is -1.42. The van der Waals surface area contributed by atoms with Gasteiger partial charge in [0.1, 0.15) is 4.99 Å². The summed E-state index contributed by atoms with van der Waals surface area (Å²) in [6.07, 6.45) is 1.63. The average Bonchev–Trinajstić information content (AvgIpc) is 2.41. The van der Waals surface area contributed by atoms with Crippen molar-refractivity contribution in [2.45, 2.75) is 0 Å². The van der Waals surface area contributed by atoms with Gasteiger partial charge in [0, 0.05) is 21.2 Å². The third-order valence-electron chi connectivity index (χ3n) is 2.38. The Morgan fingerprint density at radius 2 is 1.74 bits per heavy atom. The number of halogens is 2. The van der Waals surface area contributed by atoms with Crippen LogP contribution in [0.1, 0.15) is 11.1 Å². The van der Waals surface area contributed by atoms with Gasteiger partial charge in [-0.05, 0) is 18.2 Å². The molecule has 0 radical (unpaired) electrons. The summed E-state index contributed by atoms with van der Waals surface area (Å²) in [5.74, 6) is 0. The second-order valence-corrected chi connectivity index (χ2v) is 4.98. The SMILES string of the molecule is S=C(N/N=C/c1ccccc1Cl)c1ccc(Cl)cc1. The molecule has 0 aliphatic carbocycles. The fourth-order valence-corrected chi connectivity index (χ4v) is 1.91. The van der Waals surface area contributed by atoms with Crippen molar-refractivity contribution in [2.24, 2.45) is 5.10 Å². The van der Waals surface area contributed by atoms with E-state index in [1.165, 1.54) is 0 Å². The topological polar surface area (TPSA) is 24.4 Å². The minimum Gasteiger partial charge on any atom is -0.267 e. The molecular weight excluding hydrogens is 299 g/mol. The molecule has 0 saturated carbocycles. The van der Waals surface area contributed by atoms with Gasteiger partial charge in [-0.3, -0.25) is 5.43 Å². The molecule has 2 aromatic carbocycles. The summed E-state index contributed by atoms with van der Waals surface area (Å²) in [6, 6.07) is 14.7. The fraction of sp³-hybridized carbons (Fsp3) is 0. The number of rotatable bonds is 3. The molecule has 0 amide bonds. The summed E-state index contributed by atoms with van der Waals surface area (Å²) in [5.41, 5.74) is 4.48. The van der Waals surface area contributed by atoms with Crippen molar-refractivity contribution < 1.29 is 0 Å². The maximum atomic E-state index is 6.01. The van der Waals surface area contributed by atoms with E-state index in [-0.39, 0.29) is 0 Å². The zero-order valence-corrected chi connectivity index (χ0v) is 12.1. The van der Waals surface area contributed by atoms with Crippen molar-refractivity contribution in [1.82, 2.24) is 5.43 Å². The lowest BCUT2D eigenvalue weighted by Gasteiger charge is -2.03. The third kappa shape index (κ3) is 4.03. The molecular formula is C14H10Cl2N2S. The number of hydrogen-bond donors (Lipinski definition) is 1. The zero-order valence-electron chi connectivity index (χ0n) is 9.81. The largest absolute Gasteiger partial charge is 0.267 e. The van der Waals surface area contributed by atoms with Gasteiger partial charge in [-0.2, -0.15) is 5.10 Å². The molecule has 0 atom stereocenters. The van der Waals surface area contributed by atoms with E-state index in [1.54, 1.807) is 24.4 Å². The van der Waals surface area contributed by atoms with Crippen LogP contribution in [0.4, 0.5) is 0 Å². The Labute approximate surface area is 127 Å². The smallest absolute Gasteiger partial charge is 0.126 e. The van der Waals surface area contributed by atoms with Gasteiger partial charge in [-0.15, -0.1) is 0 Å². The highest BCUT2D eigenvalue weighted by molar-refractivity contribution is 7.80. The van der Waals surface area contributed by atoms with E-state index in [2.05, 4.69) is 10.5 Å². The molecule has 96 valence electrons. The molecule has 2 rings (SSSR count). The predicted octanol–water partition coefficient (Wildman–Crippen LogP) is 4.29. The number of hydrogen-bond acceptors (Lipinski definition) is 2. The number of nitrogens with one attached hydrogen (secondary N) is 1. The normalized spacial score (nSPS) is 10.6. The third-order valence-corrected chi connectivity index (χ3v) is 3.30. The van der Waals surface area contributed by atoms with Crippen molar-refractivity contribution in [2.75, 3.05) is 0 Å². The van der Waals surface area contributed by atoms with Crippen LogP contribution in [0.15, 0.2) is 53.6 Å². The van der Waals surface area contributed by atoms with E-state index in [1.807, 2.05) is 30.3 Å². The van der Waals surface area contributed by atoms with E-state index in [0.717, 1.165) is 11.1 Å². The van der Waals surface area contributed by atoms with E-state index < -0.39 is 0 Å². The molecule has 0 saturated heterocycles. The molecule has 19 heavy (non-hydrogen) atoms. The first-order chi connectivity index (χ1) is 9.16. The molecule has 2 aromatic rings. The van der Waals surface area contributed by atoms with E-state index in [4.69, 9.17) is 35.4 Å². The van der Waals surface area contributed by atoms with E-state index in [0.29, 0.717) is 15.0 Å². The van der Waals surface area contributed by atoms with Crippen LogP contribution in [0.2, 0.25) is 10.0 Å². The van der Waals surface area contributed by atoms with Crippen LogP contribution in [0.25, 0.3) is 0 Å². The van der Waals surface area contributed by atoms with Crippen molar-refractivity contribution in [3.05, 3.63) is 69.7 Å². The van der Waals surface area contributed by atoms with Gasteiger partial charge in [0.2, 0.25) is 0 Å². The first-order valence-corrected chi connectivity index (χ1v) is 6.67. The summed E-state index contributed by atoms with van der Waals surface area (Å²) < 4.78 is 0. The van der Waals surface area contributed by atoms with Crippen LogP contribution in [-0.2, 0) is 0 Å². The standard InChI is InChI=1S/C14H10Cl2N2S/c15-12-7-5-10(6-8-12)14(19)18-17-9-11-3-1-2-4-13(11)16/h1-9H,(H,18,19)/b17-9+. The second-order valence-electron chi connectivity index (χ2n) is 3.73. The summed E-state index contributed by atoms with van der Waals surface area (Å²) in [6.45, 7) is 0. The number of benzene rings is 2. The van der Waals surface area contributed by atoms with Gasteiger partial charge < -0.3 is 0 Å². The van der Waals surface area contributed by atoms with Gasteiger partial charge in [-0.1, -0.05) is 65.8 Å². The van der Waals surface area contributed by atoms with E-state index in [9.17, 15) is 0 Å². The van der Waals surface area contributed by atoms with Gasteiger partial charge in [0.15, 0.2) is 0 Å². The Kier molecular flexibility index (Phi) is 4.91. The first kappa shape index (κ1) is 14.0. The highest BCUT2D eigenvalue weighted by atomic mass is 35.5. The van der Waals surface area contributed by atoms with Crippen LogP contribution in [-0.4, -0.2) is 11.2 Å². The van der Waals surface area contributed by atoms with Crippen LogP contribution in [0.3, 0.4) is 0 Å². The van der Waals surface area contributed by atoms with Crippen molar-refractivity contribution >= 4 is 46.6 Å². The number of nitrogens with zero attached hydrogens (tertiary/aromatic N) is 1. The Balaban J connectivity index is 2.01. The Bertz CT molecular complexity index is 609. The molecule has 0 fully saturated rings. The van der Waals surface area contributed by atoms with Crippen LogP contribution >= 0.6 is 35.4 Å². The van der Waals surface area contributed by atoms with Gasteiger partial charge in [0.05, 0.1) is 6.21 Å². The van der Waals surface area contributed by atoms with Crippen molar-refractivity contribution in [3.8, 4) is 0 Å². The number of hydrazone groups is 1. The Morgan fingerprint density at radius 1 is 1.05 bits per heavy atom. The Morgan fingerprint density at radius 3 is 2.42 bits per heavy atom. The summed E-state index contributed by atoms with van der Waals surface area (Å²) in [7, 11) is 0. The fourth-order valence-electron chi connectivity index (χ4n) is 1.41. The molecule has 0 heterocycles. The molecule has 1 N–H and O–H groups in total. The molecule has 0 aliphatic rings. The molecule has 0 aromatic heterocycles. The highest BCUT2D eigenvalue weighted by Gasteiger charge is 1.99. The molecule has 0 unspecified atom stereocenters. The lowest BCUT2D eigenvalue weighted by atomic mass is 10.2. The second kappa shape index (κ2) is 6.66. The lowest BCUT2D eigenvalue weighted by Crippen LogP contribution is -2.16. The summed E-state index contributed by atoms with van der Waals surface area (Å²) >= 11 is 17.0. The van der Waals surface area contributed by atoms with Crippen LogP contribution in [0, 0.1) is 0 Å². The molecule has 0 bridgehead atoms. The summed E-state index contributed by atoms with van der Waals surface area (Å²) in [4.78, 5) is 0.528. The van der Waals surface area contributed by atoms with Crippen LogP contribution in [0.5, 0.6) is 0 Å². The van der Waals surface area contributed by atoms with Crippen LogP contribution < -0.4 is 5.43 Å². The maximum Gasteiger partial charge on any atom is 0.126 e. The van der Waals surface area contributed by atoms with E-state index >= 15 is 0 Å². The van der Waals surface area contributed by atoms with Crippen molar-refractivity contribution in [3.63, 3.8) is 0 Å². The molecule has 5 heteroatoms. The highest BCUT2D eigenvalue weighted by Crippen LogP contribution is 2.12. The molecule has 0 spiro atoms. The van der Waals surface area contributed by atoms with Gasteiger partial charge in [-0.25, -0.2) is 0 Å². The maximum absolute atomic E-state index is 6.01. The quantitative estimate of drug-likeness (QED) is 0.519. The predicted molar refractivity (Wildman–Crippen MR) is 85.3 cm³/mol. The van der Waals surface area contributed by atoms with Gasteiger partial charge >= 0.3 is 0 Å². The van der Waals surface area contributed by atoms with Gasteiger partial charge in [0.25, 0.3) is 0 Å². The monoisotopic (exact) mass is 308 g/mol. The molecule has 0 aliphatic heterocycles.